The number of nitrogens with zero attached hydrogens (tertiary/aromatic N) is 3. The quantitative estimate of drug-likeness (QED) is 0.213. The lowest BCUT2D eigenvalue weighted by Crippen LogP contribution is -2.71. The summed E-state index contributed by atoms with van der Waals surface area (Å²) >= 11 is 2.37. The van der Waals surface area contributed by atoms with Gasteiger partial charge < -0.3 is 26.2 Å². The van der Waals surface area contributed by atoms with E-state index >= 15 is 0 Å². The number of amides is 2. The Labute approximate surface area is 179 Å². The maximum absolute atomic E-state index is 12.4. The Balaban J connectivity index is 0.000000735. The number of aliphatic carboxylic acids is 1. The molecule has 3 rings (SSSR count). The van der Waals surface area contributed by atoms with Crippen molar-refractivity contribution in [2.45, 2.75) is 25.3 Å². The molecule has 1 saturated heterocycles. The molecule has 30 heavy (non-hydrogen) atoms. The number of nitrogens with two attached hydrogens (primary N) is 1. The van der Waals surface area contributed by atoms with Crippen LogP contribution in [-0.2, 0) is 19.2 Å². The third-order valence-corrected chi connectivity index (χ3v) is 5.79. The number of β-lactam (4-membered cyclic amide) rings is 1. The number of hydrogen-bond acceptors (Lipinski definition) is 10. The van der Waals surface area contributed by atoms with Gasteiger partial charge in [-0.15, -0.1) is 23.1 Å². The molecular weight excluding hydrogens is 434 g/mol. The van der Waals surface area contributed by atoms with Gasteiger partial charge in [0, 0.05) is 11.1 Å². The van der Waals surface area contributed by atoms with Crippen molar-refractivity contribution < 1.29 is 29.5 Å². The van der Waals surface area contributed by atoms with Crippen LogP contribution in [0.5, 0.6) is 0 Å². The Morgan fingerprint density at radius 2 is 2.07 bits per heavy atom. The van der Waals surface area contributed by atoms with E-state index in [1.807, 2.05) is 0 Å². The molecule has 1 fully saturated rings. The number of hydrogen-bond donors (Lipinski definition) is 4. The van der Waals surface area contributed by atoms with Crippen LogP contribution in [0, 0.1) is 0 Å². The minimum absolute atomic E-state index is 0.0764. The Morgan fingerprint density at radius 1 is 1.43 bits per heavy atom. The molecule has 13 heteroatoms. The Morgan fingerprint density at radius 3 is 2.53 bits per heavy atom. The molecule has 0 bridgehead atoms. The number of allylic oxidation sites excluding steroid dienone is 1. The van der Waals surface area contributed by atoms with Crippen LogP contribution < -0.4 is 11.1 Å². The van der Waals surface area contributed by atoms with Crippen LogP contribution in [0.4, 0.5) is 5.13 Å². The van der Waals surface area contributed by atoms with E-state index in [0.29, 0.717) is 11.3 Å². The second-order valence-corrected chi connectivity index (χ2v) is 8.17. The molecule has 0 radical (unpaired) electrons. The minimum atomic E-state index is -1.24. The number of Topliss-reactive ketones (excluding diaryl/α,β-unsaturated/α-hetero) is 1. The average molecular weight is 454 g/mol. The molecule has 0 saturated carbocycles. The van der Waals surface area contributed by atoms with Crippen molar-refractivity contribution in [1.82, 2.24) is 15.2 Å². The number of carbonyl (C=O) groups excluding carboxylic acids is 3. The van der Waals surface area contributed by atoms with Gasteiger partial charge in [-0.05, 0) is 19.4 Å². The van der Waals surface area contributed by atoms with Crippen molar-refractivity contribution in [3.05, 3.63) is 35.0 Å². The third kappa shape index (κ3) is 4.68. The zero-order valence-electron chi connectivity index (χ0n) is 16.0. The summed E-state index contributed by atoms with van der Waals surface area (Å²) in [5, 5.41) is 24.9. The monoisotopic (exact) mass is 453 g/mol. The molecule has 2 amide bonds. The summed E-state index contributed by atoms with van der Waals surface area (Å²) in [7, 11) is 0. The van der Waals surface area contributed by atoms with Crippen LogP contribution in [0.25, 0.3) is 0 Å². The largest absolute Gasteiger partial charge is 0.477 e. The number of nitrogen functional groups attached to an aromatic ring is 1. The van der Waals surface area contributed by atoms with E-state index in [9.17, 15) is 24.3 Å². The van der Waals surface area contributed by atoms with E-state index in [0.717, 1.165) is 16.2 Å². The van der Waals surface area contributed by atoms with Crippen LogP contribution in [0.15, 0.2) is 34.5 Å². The lowest BCUT2D eigenvalue weighted by atomic mass is 10.0. The molecular formula is C17H19N5O6S2. The highest BCUT2D eigenvalue weighted by Gasteiger charge is 2.54. The van der Waals surface area contributed by atoms with Gasteiger partial charge in [-0.25, -0.2) is 9.78 Å². The molecule has 1 aromatic rings. The van der Waals surface area contributed by atoms with E-state index in [2.05, 4.69) is 22.0 Å². The predicted octanol–water partition coefficient (Wildman–Crippen LogP) is 0.424. The number of carboxylic acids is 1. The number of thiazole rings is 1. The SMILES string of the molecule is C=CC1=C(C(=O)O)N2C(=O)[C@@H](NC(=O)/C(=N\O)c3csc(N)n3)[C@H]2SC1.CC(C)=O. The smallest absolute Gasteiger partial charge is 0.352 e. The first kappa shape index (κ1) is 23.1. The lowest BCUT2D eigenvalue weighted by molar-refractivity contribution is -0.150. The molecule has 2 atom stereocenters. The molecule has 5 N–H and O–H groups in total. The normalized spacial score (nSPS) is 20.4. The second-order valence-electron chi connectivity index (χ2n) is 6.17. The molecule has 0 aliphatic carbocycles. The van der Waals surface area contributed by atoms with E-state index < -0.39 is 29.2 Å². The highest BCUT2D eigenvalue weighted by atomic mass is 32.2. The van der Waals surface area contributed by atoms with Crippen molar-refractivity contribution in [2.75, 3.05) is 11.5 Å². The van der Waals surface area contributed by atoms with Gasteiger partial charge in [0.2, 0.25) is 0 Å². The second kappa shape index (κ2) is 9.54. The number of ketones is 1. The highest BCUT2D eigenvalue weighted by Crippen LogP contribution is 2.40. The van der Waals surface area contributed by atoms with Crippen LogP contribution in [0.2, 0.25) is 0 Å². The summed E-state index contributed by atoms with van der Waals surface area (Å²) in [5.74, 6) is -2.11. The zero-order valence-corrected chi connectivity index (χ0v) is 17.6. The van der Waals surface area contributed by atoms with Crippen molar-refractivity contribution in [3.63, 3.8) is 0 Å². The fourth-order valence-electron chi connectivity index (χ4n) is 2.62. The van der Waals surface area contributed by atoms with E-state index in [1.54, 1.807) is 0 Å². The van der Waals surface area contributed by atoms with E-state index in [-0.39, 0.29) is 28.0 Å². The van der Waals surface area contributed by atoms with Crippen molar-refractivity contribution in [3.8, 4) is 0 Å². The van der Waals surface area contributed by atoms with Gasteiger partial charge in [-0.3, -0.25) is 14.5 Å². The molecule has 0 spiro atoms. The lowest BCUT2D eigenvalue weighted by Gasteiger charge is -2.49. The first-order chi connectivity index (χ1) is 14.1. The molecule has 0 aromatic carbocycles. The maximum atomic E-state index is 12.4. The standard InChI is InChI=1S/C14H13N5O5S2.C3H6O/c1-2-5-3-25-12-8(11(21)19(12)9(5)13(22)23)17-10(20)7(18-24)6-4-26-14(15)16-6;1-3(2)4/h2,4,8,12,24H,1,3H2,(H2,15,16)(H,17,20)(H,22,23);1-2H3/b18-7-;/t8-,12-;/m1./s1. The predicted molar refractivity (Wildman–Crippen MR) is 111 cm³/mol. The van der Waals surface area contributed by atoms with Crippen LogP contribution >= 0.6 is 23.1 Å². The summed E-state index contributed by atoms with van der Waals surface area (Å²) in [6.45, 7) is 6.62. The molecule has 11 nitrogen and oxygen atoms in total. The number of fused-ring (bicyclic) bond motifs is 1. The summed E-state index contributed by atoms with van der Waals surface area (Å²) in [6.07, 6.45) is 1.40. The first-order valence-electron chi connectivity index (χ1n) is 8.37. The van der Waals surface area contributed by atoms with Gasteiger partial charge in [0.15, 0.2) is 10.8 Å². The minimum Gasteiger partial charge on any atom is -0.477 e. The molecule has 160 valence electrons. The van der Waals surface area contributed by atoms with Crippen molar-refractivity contribution >= 4 is 57.5 Å². The van der Waals surface area contributed by atoms with Crippen molar-refractivity contribution in [1.29, 1.82) is 0 Å². The maximum Gasteiger partial charge on any atom is 0.352 e. The van der Waals surface area contributed by atoms with Crippen molar-refractivity contribution in [2.24, 2.45) is 5.16 Å². The number of nitrogens with one attached hydrogen (secondary N) is 1. The number of oxime groups is 1. The topological polar surface area (TPSA) is 175 Å². The molecule has 1 aromatic heterocycles. The number of anilines is 1. The summed E-state index contributed by atoms with van der Waals surface area (Å²) < 4.78 is 0. The van der Waals surface area contributed by atoms with Gasteiger partial charge in [-0.2, -0.15) is 0 Å². The summed E-state index contributed by atoms with van der Waals surface area (Å²) in [5.41, 5.74) is 5.49. The van der Waals surface area contributed by atoms with Gasteiger partial charge in [0.25, 0.3) is 11.8 Å². The number of thioether (sulfide) groups is 1. The number of carbonyl (C=O) groups is 4. The van der Waals surface area contributed by atoms with Gasteiger partial charge in [0.05, 0.1) is 0 Å². The Bertz CT molecular complexity index is 966. The van der Waals surface area contributed by atoms with Crippen LogP contribution in [0.1, 0.15) is 19.5 Å². The zero-order chi connectivity index (χ0) is 22.6. The Kier molecular flexibility index (Phi) is 7.34. The number of rotatable bonds is 5. The number of carboxylic acid groups (broad SMARTS) is 1. The molecule has 3 heterocycles. The van der Waals surface area contributed by atoms with Gasteiger partial charge in [0.1, 0.15) is 28.6 Å². The third-order valence-electron chi connectivity index (χ3n) is 3.81. The average Bonchev–Trinajstić information content (AvgIpc) is 3.10. The molecule has 0 unspecified atom stereocenters. The van der Waals surface area contributed by atoms with E-state index in [1.165, 1.54) is 37.1 Å². The molecule has 2 aliphatic heterocycles. The number of aromatic nitrogens is 1. The van der Waals surface area contributed by atoms with Gasteiger partial charge in [-0.1, -0.05) is 17.8 Å². The Hall–Kier alpha value is -3.19. The fraction of sp³-hybridized carbons (Fsp3) is 0.294. The van der Waals surface area contributed by atoms with Crippen LogP contribution in [0.3, 0.4) is 0 Å². The van der Waals surface area contributed by atoms with Gasteiger partial charge >= 0.3 is 5.97 Å². The highest BCUT2D eigenvalue weighted by molar-refractivity contribution is 8.00. The van der Waals surface area contributed by atoms with Crippen LogP contribution in [-0.4, -0.2) is 66.6 Å². The summed E-state index contributed by atoms with van der Waals surface area (Å²) in [4.78, 5) is 50.6. The van der Waals surface area contributed by atoms with E-state index in [4.69, 9.17) is 10.9 Å². The molecule has 2 aliphatic rings. The first-order valence-corrected chi connectivity index (χ1v) is 10.3. The summed E-state index contributed by atoms with van der Waals surface area (Å²) in [6, 6.07) is -0.944. The fourth-order valence-corrected chi connectivity index (χ4v) is 4.51.